The minimum Gasteiger partial charge on any atom is -0.478 e. The van der Waals surface area contributed by atoms with Crippen molar-refractivity contribution < 1.29 is 14.7 Å². The van der Waals surface area contributed by atoms with E-state index in [0.717, 1.165) is 16.5 Å². The van der Waals surface area contributed by atoms with Crippen LogP contribution >= 0.6 is 11.8 Å². The Bertz CT molecular complexity index is 956. The van der Waals surface area contributed by atoms with Crippen LogP contribution in [0.25, 0.3) is 11.8 Å². The Kier molecular flexibility index (Phi) is 5.74. The van der Waals surface area contributed by atoms with Crippen LogP contribution in [0.5, 0.6) is 0 Å². The van der Waals surface area contributed by atoms with Gasteiger partial charge < -0.3 is 9.67 Å². The number of hydrogen-bond donors (Lipinski definition) is 1. The number of carbonyl (C=O) groups is 2. The molecule has 1 aliphatic heterocycles. The van der Waals surface area contributed by atoms with Crippen LogP contribution in [-0.2, 0) is 4.79 Å². The van der Waals surface area contributed by atoms with Gasteiger partial charge in [0.25, 0.3) is 5.91 Å². The summed E-state index contributed by atoms with van der Waals surface area (Å²) in [5.74, 6) is -1.01. The molecule has 0 atom stereocenters. The Balaban J connectivity index is 1.96. The van der Waals surface area contributed by atoms with Crippen LogP contribution in [0.3, 0.4) is 0 Å². The zero-order valence-electron chi connectivity index (χ0n) is 16.3. The van der Waals surface area contributed by atoms with Crippen molar-refractivity contribution in [2.24, 2.45) is 4.99 Å². The van der Waals surface area contributed by atoms with Crippen molar-refractivity contribution in [1.29, 1.82) is 0 Å². The third kappa shape index (κ3) is 4.04. The molecule has 1 fully saturated rings. The highest BCUT2D eigenvalue weighted by molar-refractivity contribution is 8.18. The molecule has 6 nitrogen and oxygen atoms in total. The fourth-order valence-electron chi connectivity index (χ4n) is 2.90. The van der Waals surface area contributed by atoms with E-state index >= 15 is 0 Å². The molecule has 1 saturated heterocycles. The van der Waals surface area contributed by atoms with Crippen LogP contribution < -0.4 is 0 Å². The van der Waals surface area contributed by atoms with E-state index in [1.807, 2.05) is 56.7 Å². The molecule has 28 heavy (non-hydrogen) atoms. The molecule has 146 valence electrons. The molecule has 0 saturated carbocycles. The van der Waals surface area contributed by atoms with Crippen LogP contribution in [0.4, 0.5) is 0 Å². The molecule has 0 aliphatic carbocycles. The monoisotopic (exact) mass is 397 g/mol. The van der Waals surface area contributed by atoms with E-state index in [2.05, 4.69) is 4.99 Å². The second-order valence-corrected chi connectivity index (χ2v) is 8.05. The Labute approximate surface area is 168 Å². The third-order valence-electron chi connectivity index (χ3n) is 4.17. The summed E-state index contributed by atoms with van der Waals surface area (Å²) < 4.78 is 1.92. The standard InChI is InChI=1S/C21H23N3O3S/c1-13(2)22-21-24(14(3)4)19(25)18(28-21)12-17-6-5-11-23(17)16-9-7-15(8-10-16)20(26)27/h5-14H,1-4H3,(H,26,27)/b18-12+,22-21?. The number of nitrogens with zero attached hydrogens (tertiary/aromatic N) is 3. The van der Waals surface area contributed by atoms with Gasteiger partial charge in [-0.2, -0.15) is 0 Å². The fraction of sp³-hybridized carbons (Fsp3) is 0.286. The number of aromatic carboxylic acids is 1. The molecule has 1 N–H and O–H groups in total. The number of aliphatic imine (C=N–C) groups is 1. The van der Waals surface area contributed by atoms with Gasteiger partial charge in [0.05, 0.1) is 10.5 Å². The van der Waals surface area contributed by atoms with Crippen molar-refractivity contribution in [2.45, 2.75) is 39.8 Å². The molecular weight excluding hydrogens is 374 g/mol. The van der Waals surface area contributed by atoms with Crippen molar-refractivity contribution >= 4 is 34.9 Å². The van der Waals surface area contributed by atoms with Gasteiger partial charge in [0.15, 0.2) is 5.17 Å². The molecule has 1 aliphatic rings. The number of benzene rings is 1. The first kappa shape index (κ1) is 19.9. The Hall–Kier alpha value is -2.80. The first-order valence-electron chi connectivity index (χ1n) is 9.10. The summed E-state index contributed by atoms with van der Waals surface area (Å²) in [5, 5.41) is 9.79. The minimum absolute atomic E-state index is 0.0266. The molecule has 2 aromatic rings. The summed E-state index contributed by atoms with van der Waals surface area (Å²) in [6, 6.07) is 10.6. The number of thioether (sulfide) groups is 1. The maximum atomic E-state index is 12.9. The maximum Gasteiger partial charge on any atom is 0.335 e. The van der Waals surface area contributed by atoms with E-state index in [1.165, 1.54) is 11.8 Å². The van der Waals surface area contributed by atoms with Crippen molar-refractivity contribution in [3.05, 3.63) is 58.8 Å². The molecule has 1 aromatic heterocycles. The first-order chi connectivity index (χ1) is 13.3. The SMILES string of the molecule is CC(C)N=C1S/C(=C/c2cccn2-c2ccc(C(=O)O)cc2)C(=O)N1C(C)C. The average molecular weight is 398 g/mol. The lowest BCUT2D eigenvalue weighted by Crippen LogP contribution is -2.35. The predicted octanol–water partition coefficient (Wildman–Crippen LogP) is 4.26. The van der Waals surface area contributed by atoms with E-state index in [-0.39, 0.29) is 23.6 Å². The third-order valence-corrected chi connectivity index (χ3v) is 5.17. The molecule has 2 heterocycles. The van der Waals surface area contributed by atoms with Crippen LogP contribution in [0.15, 0.2) is 52.5 Å². The quantitative estimate of drug-likeness (QED) is 0.765. The van der Waals surface area contributed by atoms with Crippen molar-refractivity contribution in [1.82, 2.24) is 9.47 Å². The number of amidine groups is 1. The summed E-state index contributed by atoms with van der Waals surface area (Å²) in [4.78, 5) is 30.9. The number of amides is 1. The summed E-state index contributed by atoms with van der Waals surface area (Å²) in [6.45, 7) is 7.93. The lowest BCUT2D eigenvalue weighted by molar-refractivity contribution is -0.123. The van der Waals surface area contributed by atoms with Gasteiger partial charge in [-0.05, 0) is 81.9 Å². The fourth-order valence-corrected chi connectivity index (χ4v) is 4.12. The molecule has 7 heteroatoms. The van der Waals surface area contributed by atoms with Crippen molar-refractivity contribution in [3.8, 4) is 5.69 Å². The maximum absolute atomic E-state index is 12.9. The Morgan fingerprint density at radius 1 is 1.14 bits per heavy atom. The van der Waals surface area contributed by atoms with Gasteiger partial charge in [-0.3, -0.25) is 14.7 Å². The number of rotatable bonds is 5. The van der Waals surface area contributed by atoms with Crippen molar-refractivity contribution in [2.75, 3.05) is 0 Å². The van der Waals surface area contributed by atoms with Crippen LogP contribution in [0, 0.1) is 0 Å². The first-order valence-corrected chi connectivity index (χ1v) is 9.91. The number of carboxylic acid groups (broad SMARTS) is 1. The number of hydrogen-bond acceptors (Lipinski definition) is 4. The van der Waals surface area contributed by atoms with Gasteiger partial charge in [0, 0.05) is 29.7 Å². The topological polar surface area (TPSA) is 74.9 Å². The molecule has 1 aromatic carbocycles. The summed E-state index contributed by atoms with van der Waals surface area (Å²) in [6.07, 6.45) is 3.74. The summed E-state index contributed by atoms with van der Waals surface area (Å²) in [5.41, 5.74) is 1.90. The average Bonchev–Trinajstić information content (AvgIpc) is 3.19. The predicted molar refractivity (Wildman–Crippen MR) is 113 cm³/mol. The number of carbonyl (C=O) groups excluding carboxylic acids is 1. The normalized spacial score (nSPS) is 17.5. The Morgan fingerprint density at radius 3 is 2.39 bits per heavy atom. The molecule has 0 radical (unpaired) electrons. The van der Waals surface area contributed by atoms with E-state index in [1.54, 1.807) is 29.2 Å². The van der Waals surface area contributed by atoms with Gasteiger partial charge >= 0.3 is 5.97 Å². The van der Waals surface area contributed by atoms with Gasteiger partial charge in [-0.1, -0.05) is 0 Å². The highest BCUT2D eigenvalue weighted by atomic mass is 32.2. The zero-order valence-corrected chi connectivity index (χ0v) is 17.1. The molecular formula is C21H23N3O3S. The highest BCUT2D eigenvalue weighted by Crippen LogP contribution is 2.34. The van der Waals surface area contributed by atoms with E-state index in [4.69, 9.17) is 5.11 Å². The second kappa shape index (κ2) is 8.06. The largest absolute Gasteiger partial charge is 0.478 e. The Morgan fingerprint density at radius 2 is 1.82 bits per heavy atom. The summed E-state index contributed by atoms with van der Waals surface area (Å²) in [7, 11) is 0. The van der Waals surface area contributed by atoms with Gasteiger partial charge in [0.1, 0.15) is 0 Å². The smallest absolute Gasteiger partial charge is 0.335 e. The van der Waals surface area contributed by atoms with E-state index < -0.39 is 5.97 Å². The van der Waals surface area contributed by atoms with E-state index in [0.29, 0.717) is 4.91 Å². The molecule has 0 unspecified atom stereocenters. The lowest BCUT2D eigenvalue weighted by Gasteiger charge is -2.20. The van der Waals surface area contributed by atoms with Gasteiger partial charge in [-0.15, -0.1) is 0 Å². The highest BCUT2D eigenvalue weighted by Gasteiger charge is 2.35. The number of aromatic nitrogens is 1. The van der Waals surface area contributed by atoms with Crippen molar-refractivity contribution in [3.63, 3.8) is 0 Å². The molecule has 3 rings (SSSR count). The van der Waals surface area contributed by atoms with Crippen LogP contribution in [-0.4, -0.2) is 43.7 Å². The lowest BCUT2D eigenvalue weighted by atomic mass is 10.2. The second-order valence-electron chi connectivity index (χ2n) is 7.04. The van der Waals surface area contributed by atoms with Crippen LogP contribution in [0.1, 0.15) is 43.7 Å². The zero-order chi connectivity index (χ0) is 20.4. The molecule has 0 spiro atoms. The minimum atomic E-state index is -0.958. The van der Waals surface area contributed by atoms with Gasteiger partial charge in [0.2, 0.25) is 0 Å². The summed E-state index contributed by atoms with van der Waals surface area (Å²) >= 11 is 1.39. The number of carboxylic acids is 1. The van der Waals surface area contributed by atoms with Gasteiger partial charge in [-0.25, -0.2) is 4.79 Å². The van der Waals surface area contributed by atoms with Crippen LogP contribution in [0.2, 0.25) is 0 Å². The van der Waals surface area contributed by atoms with E-state index in [9.17, 15) is 9.59 Å². The molecule has 1 amide bonds. The molecule has 0 bridgehead atoms.